The molecule has 2 aromatic heterocycles. The minimum absolute atomic E-state index is 0.608. The summed E-state index contributed by atoms with van der Waals surface area (Å²) in [5.41, 5.74) is 15.1. The van der Waals surface area contributed by atoms with Crippen LogP contribution < -0.4 is 0 Å². The van der Waals surface area contributed by atoms with Gasteiger partial charge < -0.3 is 4.57 Å². The summed E-state index contributed by atoms with van der Waals surface area (Å²) in [7, 11) is 0. The fourth-order valence-electron chi connectivity index (χ4n) is 8.45. The largest absolute Gasteiger partial charge is 0.309 e. The molecule has 0 aliphatic carbocycles. The Bertz CT molecular complexity index is 3250. The first-order valence-corrected chi connectivity index (χ1v) is 20.6. The molecule has 2 heterocycles. The fourth-order valence-corrected chi connectivity index (χ4v) is 8.45. The first-order chi connectivity index (χ1) is 30.2. The van der Waals surface area contributed by atoms with Gasteiger partial charge in [0, 0.05) is 33.2 Å². The molecule has 0 N–H and O–H groups in total. The minimum atomic E-state index is 0.608. The van der Waals surface area contributed by atoms with Crippen molar-refractivity contribution in [1.29, 1.82) is 0 Å². The molecule has 0 saturated carbocycles. The van der Waals surface area contributed by atoms with Crippen LogP contribution in [0.3, 0.4) is 0 Å². The van der Waals surface area contributed by atoms with Crippen LogP contribution in [0.15, 0.2) is 231 Å². The van der Waals surface area contributed by atoms with Crippen molar-refractivity contribution in [3.8, 4) is 84.4 Å². The number of nitrogens with zero attached hydrogens (tertiary/aromatic N) is 4. The van der Waals surface area contributed by atoms with Crippen LogP contribution >= 0.6 is 0 Å². The molecule has 0 spiro atoms. The molecule has 0 unspecified atom stereocenters. The van der Waals surface area contributed by atoms with Gasteiger partial charge in [-0.1, -0.05) is 194 Å². The van der Waals surface area contributed by atoms with Crippen LogP contribution in [0, 0.1) is 0 Å². The third kappa shape index (κ3) is 6.86. The Kier molecular flexibility index (Phi) is 9.14. The Labute approximate surface area is 354 Å². The van der Waals surface area contributed by atoms with Crippen molar-refractivity contribution in [3.05, 3.63) is 231 Å². The molecule has 9 aromatic carbocycles. The highest BCUT2D eigenvalue weighted by atomic mass is 15.0. The molecule has 4 nitrogen and oxygen atoms in total. The van der Waals surface area contributed by atoms with E-state index in [1.165, 1.54) is 5.39 Å². The van der Waals surface area contributed by atoms with Crippen molar-refractivity contribution < 1.29 is 0 Å². The number of para-hydroxylation sites is 1. The molecule has 61 heavy (non-hydrogen) atoms. The average Bonchev–Trinajstić information content (AvgIpc) is 3.68. The van der Waals surface area contributed by atoms with E-state index in [9.17, 15) is 0 Å². The zero-order chi connectivity index (χ0) is 40.5. The summed E-state index contributed by atoms with van der Waals surface area (Å²) in [6.45, 7) is 0. The molecule has 11 rings (SSSR count). The molecule has 0 atom stereocenters. The van der Waals surface area contributed by atoms with Crippen LogP contribution in [-0.4, -0.2) is 19.5 Å². The van der Waals surface area contributed by atoms with Gasteiger partial charge in [0.15, 0.2) is 17.5 Å². The van der Waals surface area contributed by atoms with Gasteiger partial charge >= 0.3 is 0 Å². The van der Waals surface area contributed by atoms with Gasteiger partial charge in [-0.3, -0.25) is 0 Å². The average molecular weight is 779 g/mol. The van der Waals surface area contributed by atoms with Crippen molar-refractivity contribution in [2.75, 3.05) is 0 Å². The number of hydrogen-bond donors (Lipinski definition) is 0. The van der Waals surface area contributed by atoms with Crippen LogP contribution in [-0.2, 0) is 0 Å². The van der Waals surface area contributed by atoms with Crippen LogP contribution in [0.5, 0.6) is 0 Å². The molecule has 0 aliphatic heterocycles. The number of hydrogen-bond acceptors (Lipinski definition) is 3. The summed E-state index contributed by atoms with van der Waals surface area (Å²) >= 11 is 0. The molecular formula is C57H38N4. The van der Waals surface area contributed by atoms with Crippen LogP contribution in [0.25, 0.3) is 106 Å². The highest BCUT2D eigenvalue weighted by Crippen LogP contribution is 2.42. The van der Waals surface area contributed by atoms with Gasteiger partial charge in [-0.2, -0.15) is 0 Å². The van der Waals surface area contributed by atoms with Crippen molar-refractivity contribution in [1.82, 2.24) is 19.5 Å². The van der Waals surface area contributed by atoms with Crippen LogP contribution in [0.1, 0.15) is 0 Å². The maximum atomic E-state index is 5.33. The van der Waals surface area contributed by atoms with Crippen molar-refractivity contribution in [3.63, 3.8) is 0 Å². The summed E-state index contributed by atoms with van der Waals surface area (Å²) < 4.78 is 2.41. The van der Waals surface area contributed by atoms with E-state index < -0.39 is 0 Å². The zero-order valence-electron chi connectivity index (χ0n) is 33.2. The predicted molar refractivity (Wildman–Crippen MR) is 252 cm³/mol. The second kappa shape index (κ2) is 15.5. The molecule has 0 saturated heterocycles. The summed E-state index contributed by atoms with van der Waals surface area (Å²) in [6, 6.07) is 81.3. The molecule has 11 aromatic rings. The molecule has 0 fully saturated rings. The van der Waals surface area contributed by atoms with Crippen molar-refractivity contribution in [2.24, 2.45) is 0 Å². The molecule has 0 aliphatic rings. The van der Waals surface area contributed by atoms with E-state index in [0.717, 1.165) is 83.3 Å². The minimum Gasteiger partial charge on any atom is -0.309 e. The quantitative estimate of drug-likeness (QED) is 0.154. The highest BCUT2D eigenvalue weighted by molar-refractivity contribution is 6.12. The Morgan fingerprint density at radius 2 is 0.656 bits per heavy atom. The second-order valence-electron chi connectivity index (χ2n) is 15.2. The highest BCUT2D eigenvalue weighted by Gasteiger charge is 2.21. The molecule has 286 valence electrons. The van der Waals surface area contributed by atoms with E-state index in [1.807, 2.05) is 24.3 Å². The van der Waals surface area contributed by atoms with Crippen molar-refractivity contribution in [2.45, 2.75) is 0 Å². The van der Waals surface area contributed by atoms with E-state index in [-0.39, 0.29) is 0 Å². The van der Waals surface area contributed by atoms with Gasteiger partial charge in [-0.15, -0.1) is 0 Å². The number of aromatic nitrogens is 4. The van der Waals surface area contributed by atoms with E-state index in [4.69, 9.17) is 15.0 Å². The Morgan fingerprint density at radius 1 is 0.246 bits per heavy atom. The maximum Gasteiger partial charge on any atom is 0.164 e. The Hall–Kier alpha value is -8.21. The topological polar surface area (TPSA) is 43.6 Å². The normalized spacial score (nSPS) is 11.3. The van der Waals surface area contributed by atoms with E-state index >= 15 is 0 Å². The first kappa shape index (κ1) is 35.9. The number of rotatable bonds is 8. The van der Waals surface area contributed by atoms with E-state index in [2.05, 4.69) is 211 Å². The molecular weight excluding hydrogens is 741 g/mol. The number of fused-ring (bicyclic) bond motifs is 3. The monoisotopic (exact) mass is 778 g/mol. The maximum absolute atomic E-state index is 5.33. The Morgan fingerprint density at radius 3 is 1.21 bits per heavy atom. The lowest BCUT2D eigenvalue weighted by atomic mass is 9.96. The lowest BCUT2D eigenvalue weighted by Gasteiger charge is -2.16. The van der Waals surface area contributed by atoms with Gasteiger partial charge in [0.1, 0.15) is 0 Å². The summed E-state index contributed by atoms with van der Waals surface area (Å²) in [5, 5.41) is 2.33. The second-order valence-corrected chi connectivity index (χ2v) is 15.2. The lowest BCUT2D eigenvalue weighted by molar-refractivity contribution is 1.07. The van der Waals surface area contributed by atoms with Gasteiger partial charge in [0.05, 0.1) is 11.0 Å². The van der Waals surface area contributed by atoms with Crippen molar-refractivity contribution >= 4 is 21.8 Å². The smallest absolute Gasteiger partial charge is 0.164 e. The lowest BCUT2D eigenvalue weighted by Crippen LogP contribution is -2.02. The SMILES string of the molecule is c1ccc(-c2ccc(-c3nc(-c4ccccc4)nc(-c4cc5c(cc4-c4ccccc4)c4ccccc4n5-c4cc(-c5ccccc5)cc(-c5ccccc5)c4)n3)cc2)cc1. The van der Waals surface area contributed by atoms with Crippen LogP contribution in [0.2, 0.25) is 0 Å². The summed E-state index contributed by atoms with van der Waals surface area (Å²) in [5.74, 6) is 1.85. The van der Waals surface area contributed by atoms with E-state index in [1.54, 1.807) is 0 Å². The third-order valence-corrected chi connectivity index (χ3v) is 11.4. The molecule has 0 amide bonds. The predicted octanol–water partition coefficient (Wildman–Crippen LogP) is 14.6. The van der Waals surface area contributed by atoms with Gasteiger partial charge in [-0.05, 0) is 80.9 Å². The van der Waals surface area contributed by atoms with Gasteiger partial charge in [-0.25, -0.2) is 15.0 Å². The summed E-state index contributed by atoms with van der Waals surface area (Å²) in [6.07, 6.45) is 0. The fraction of sp³-hybridized carbons (Fsp3) is 0. The van der Waals surface area contributed by atoms with E-state index in [0.29, 0.717) is 17.5 Å². The zero-order valence-corrected chi connectivity index (χ0v) is 33.2. The molecule has 0 radical (unpaired) electrons. The summed E-state index contributed by atoms with van der Waals surface area (Å²) in [4.78, 5) is 15.7. The van der Waals surface area contributed by atoms with Gasteiger partial charge in [0.2, 0.25) is 0 Å². The standard InChI is InChI=1S/C57H38N4/c1-6-18-39(19-7-1)42-30-32-45(33-31-42)56-58-55(44-26-14-5-15-27-44)59-57(60-56)52-38-54-51(37-50(52)43-24-12-4-13-25-43)49-28-16-17-29-53(49)61(54)48-35-46(40-20-8-2-9-21-40)34-47(36-48)41-22-10-3-11-23-41/h1-38H. The third-order valence-electron chi connectivity index (χ3n) is 11.4. The number of benzene rings is 9. The molecule has 0 bridgehead atoms. The van der Waals surface area contributed by atoms with Gasteiger partial charge in [0.25, 0.3) is 0 Å². The Balaban J connectivity index is 1.18. The molecule has 4 heteroatoms. The first-order valence-electron chi connectivity index (χ1n) is 20.6. The van der Waals surface area contributed by atoms with Crippen LogP contribution in [0.4, 0.5) is 0 Å².